The van der Waals surface area contributed by atoms with Gasteiger partial charge in [0.25, 0.3) is 5.91 Å². The molecule has 234 valence electrons. The number of carbonyl (C=O) groups is 3. The van der Waals surface area contributed by atoms with Crippen LogP contribution in [-0.4, -0.2) is 93.6 Å². The van der Waals surface area contributed by atoms with E-state index in [2.05, 4.69) is 17.0 Å². The zero-order valence-corrected chi connectivity index (χ0v) is 25.3. The van der Waals surface area contributed by atoms with Crippen LogP contribution in [0.4, 0.5) is 0 Å². The molecule has 2 aromatic rings. The smallest absolute Gasteiger partial charge is 0.255 e. The molecule has 11 heteroatoms. The van der Waals surface area contributed by atoms with Gasteiger partial charge in [0, 0.05) is 35.7 Å². The van der Waals surface area contributed by atoms with Crippen molar-refractivity contribution in [2.75, 3.05) is 34.3 Å². The molecule has 3 aliphatic carbocycles. The molecule has 1 amide bonds. The number of aromatic hydroxyl groups is 1. The number of hydrogen-bond acceptors (Lipinski definition) is 10. The summed E-state index contributed by atoms with van der Waals surface area (Å²) in [4.78, 5) is 43.4. The van der Waals surface area contributed by atoms with Crippen molar-refractivity contribution in [1.82, 2.24) is 9.80 Å². The van der Waals surface area contributed by atoms with Gasteiger partial charge in [-0.15, -0.1) is 0 Å². The second kappa shape index (κ2) is 11.7. The highest BCUT2D eigenvalue weighted by Gasteiger charge is 2.63. The van der Waals surface area contributed by atoms with E-state index in [4.69, 9.17) is 10.5 Å². The molecule has 0 heterocycles. The Morgan fingerprint density at radius 1 is 1.14 bits per heavy atom. The molecule has 0 aromatic heterocycles. The first-order valence-electron chi connectivity index (χ1n) is 14.7. The number of phenolic OH excluding ortho intramolecular Hbond substituents is 1. The van der Waals surface area contributed by atoms with Crippen LogP contribution in [-0.2, 0) is 29.0 Å². The zero-order chi connectivity index (χ0) is 32.1. The van der Waals surface area contributed by atoms with Crippen LogP contribution in [0, 0.1) is 11.8 Å². The van der Waals surface area contributed by atoms with Gasteiger partial charge < -0.3 is 30.9 Å². The van der Waals surface area contributed by atoms with Crippen molar-refractivity contribution in [3.05, 3.63) is 81.3 Å². The molecule has 0 saturated heterocycles. The summed E-state index contributed by atoms with van der Waals surface area (Å²) >= 11 is 0. The first-order valence-corrected chi connectivity index (χ1v) is 14.7. The fourth-order valence-corrected chi connectivity index (χ4v) is 7.26. The summed E-state index contributed by atoms with van der Waals surface area (Å²) in [5, 5.41) is 45.4. The van der Waals surface area contributed by atoms with Gasteiger partial charge in [0.1, 0.15) is 28.6 Å². The molecule has 0 unspecified atom stereocenters. The van der Waals surface area contributed by atoms with E-state index in [0.717, 1.165) is 19.5 Å². The number of methoxy groups -OCH3 is 1. The van der Waals surface area contributed by atoms with E-state index in [1.807, 2.05) is 25.1 Å². The normalized spacial score (nSPS) is 24.8. The van der Waals surface area contributed by atoms with Crippen LogP contribution in [0.3, 0.4) is 0 Å². The molecular formula is C33H39N3O8. The van der Waals surface area contributed by atoms with Crippen molar-refractivity contribution in [3.63, 3.8) is 0 Å². The van der Waals surface area contributed by atoms with Crippen molar-refractivity contribution < 1.29 is 39.5 Å². The minimum atomic E-state index is -2.68. The molecule has 3 aliphatic rings. The zero-order valence-electron chi connectivity index (χ0n) is 25.3. The molecule has 5 rings (SSSR count). The van der Waals surface area contributed by atoms with E-state index >= 15 is 0 Å². The number of amides is 1. The number of allylic oxidation sites excluding steroid dienone is 1. The number of Topliss-reactive ketones (excluding diaryl/α,β-unsaturated/α-hetero) is 2. The van der Waals surface area contributed by atoms with Crippen LogP contribution >= 0.6 is 0 Å². The molecule has 11 nitrogen and oxygen atoms in total. The number of nitrogens with two attached hydrogens (primary N) is 1. The molecule has 2 aromatic carbocycles. The minimum absolute atomic E-state index is 0.0120. The number of aliphatic hydroxyl groups is 3. The molecule has 6 N–H and O–H groups in total. The number of hydrogen-bond donors (Lipinski definition) is 5. The lowest BCUT2D eigenvalue weighted by Gasteiger charge is -2.50. The number of primary amides is 1. The average molecular weight is 606 g/mol. The highest BCUT2D eigenvalue weighted by Crippen LogP contribution is 2.53. The van der Waals surface area contributed by atoms with E-state index in [9.17, 15) is 34.8 Å². The Balaban J connectivity index is 1.56. The highest BCUT2D eigenvalue weighted by atomic mass is 16.5. The maximum Gasteiger partial charge on any atom is 0.255 e. The Morgan fingerprint density at radius 3 is 2.41 bits per heavy atom. The summed E-state index contributed by atoms with van der Waals surface area (Å²) in [6.45, 7) is 3.99. The number of ether oxygens (including phenoxy) is 1. The summed E-state index contributed by atoms with van der Waals surface area (Å²) in [5.74, 6) is -6.38. The predicted molar refractivity (Wildman–Crippen MR) is 161 cm³/mol. The standard InChI is InChI=1S/C33H39N3O8/c1-5-36(12-11-17-9-7-6-8-10-17)16-19-15-22(37)24-20(29(19)44-4)13-18-14-21-26(35(2)3)28(39)25(32(34)42)31(41)33(21,43)30(40)23(18)27(24)38/h6-10,15,18,21,26,37,39-40,43H,5,11-14,16H2,1-4H3,(H2,34,42)/t18-,21-,26-,33-/m0/s1. The van der Waals surface area contributed by atoms with Crippen LogP contribution in [0.5, 0.6) is 11.5 Å². The SMILES string of the molecule is CCN(CCc1ccccc1)Cc1cc(O)c2c(c1OC)C[C@H]1C[C@H]3[C@H](N(C)C)C(O)=C(C(N)=O)C(=O)[C@@]3(O)C(O)=C1C2=O. The summed E-state index contributed by atoms with van der Waals surface area (Å²) in [6.07, 6.45) is 1.00. The molecule has 0 aliphatic heterocycles. The van der Waals surface area contributed by atoms with Crippen molar-refractivity contribution >= 4 is 17.5 Å². The van der Waals surface area contributed by atoms with Crippen molar-refractivity contribution in [2.24, 2.45) is 17.6 Å². The molecule has 44 heavy (non-hydrogen) atoms. The van der Waals surface area contributed by atoms with E-state index in [0.29, 0.717) is 23.4 Å². The Morgan fingerprint density at radius 2 is 1.82 bits per heavy atom. The van der Waals surface area contributed by atoms with Crippen LogP contribution in [0.15, 0.2) is 59.1 Å². The van der Waals surface area contributed by atoms with Crippen molar-refractivity contribution in [3.8, 4) is 11.5 Å². The van der Waals surface area contributed by atoms with Crippen LogP contribution in [0.1, 0.15) is 40.4 Å². The van der Waals surface area contributed by atoms with Gasteiger partial charge >= 0.3 is 0 Å². The van der Waals surface area contributed by atoms with Gasteiger partial charge in [-0.1, -0.05) is 37.3 Å². The Hall–Kier alpha value is -4.19. The van der Waals surface area contributed by atoms with Gasteiger partial charge in [-0.3, -0.25) is 24.2 Å². The number of likely N-dealkylation sites (N-methyl/N-ethyl adjacent to an activating group) is 2. The average Bonchev–Trinajstić information content (AvgIpc) is 2.97. The number of carbonyl (C=O) groups excluding carboxylic acids is 3. The maximum atomic E-state index is 14.0. The lowest BCUT2D eigenvalue weighted by molar-refractivity contribution is -0.148. The molecule has 0 fully saturated rings. The molecule has 0 spiro atoms. The monoisotopic (exact) mass is 605 g/mol. The van der Waals surface area contributed by atoms with Gasteiger partial charge in [0.05, 0.1) is 18.7 Å². The Bertz CT molecular complexity index is 1580. The second-order valence-electron chi connectivity index (χ2n) is 12.0. The first kappa shape index (κ1) is 31.2. The van der Waals surface area contributed by atoms with E-state index in [-0.39, 0.29) is 29.7 Å². The van der Waals surface area contributed by atoms with E-state index in [1.165, 1.54) is 23.6 Å². The molecule has 0 bridgehead atoms. The third-order valence-corrected chi connectivity index (χ3v) is 9.35. The number of benzene rings is 2. The van der Waals surface area contributed by atoms with Crippen molar-refractivity contribution in [2.45, 2.75) is 44.4 Å². The minimum Gasteiger partial charge on any atom is -0.510 e. The Labute approximate surface area is 255 Å². The first-order chi connectivity index (χ1) is 20.9. The van der Waals surface area contributed by atoms with E-state index in [1.54, 1.807) is 14.1 Å². The third-order valence-electron chi connectivity index (χ3n) is 9.35. The fraction of sp³-hybridized carbons (Fsp3) is 0.424. The number of ketones is 2. The molecule has 4 atom stereocenters. The molecular weight excluding hydrogens is 566 g/mol. The fourth-order valence-electron chi connectivity index (χ4n) is 7.26. The maximum absolute atomic E-state index is 14.0. The third kappa shape index (κ3) is 4.85. The van der Waals surface area contributed by atoms with E-state index < -0.39 is 58.0 Å². The van der Waals surface area contributed by atoms with Gasteiger partial charge in [-0.25, -0.2) is 0 Å². The predicted octanol–water partition coefficient (Wildman–Crippen LogP) is 2.19. The Kier molecular flexibility index (Phi) is 8.32. The number of phenols is 1. The number of rotatable bonds is 9. The molecule has 0 radical (unpaired) electrons. The van der Waals surface area contributed by atoms with Gasteiger partial charge in [0.2, 0.25) is 5.78 Å². The quantitative estimate of drug-likeness (QED) is 0.267. The number of aliphatic hydroxyl groups excluding tert-OH is 2. The van der Waals surface area contributed by atoms with Gasteiger partial charge in [-0.05, 0) is 57.5 Å². The van der Waals surface area contributed by atoms with Crippen LogP contribution < -0.4 is 10.5 Å². The van der Waals surface area contributed by atoms with Gasteiger partial charge in [0.15, 0.2) is 11.4 Å². The topological polar surface area (TPSA) is 174 Å². The second-order valence-corrected chi connectivity index (χ2v) is 12.0. The van der Waals surface area contributed by atoms with Crippen molar-refractivity contribution in [1.29, 1.82) is 0 Å². The van der Waals surface area contributed by atoms with Crippen LogP contribution in [0.25, 0.3) is 0 Å². The summed E-state index contributed by atoms with van der Waals surface area (Å²) < 4.78 is 5.84. The molecule has 0 saturated carbocycles. The number of nitrogens with zero attached hydrogens (tertiary/aromatic N) is 2. The summed E-state index contributed by atoms with van der Waals surface area (Å²) in [7, 11) is 4.69. The number of fused-ring (bicyclic) bond motifs is 3. The lowest BCUT2D eigenvalue weighted by Crippen LogP contribution is -2.63. The van der Waals surface area contributed by atoms with Crippen LogP contribution in [0.2, 0.25) is 0 Å². The lowest BCUT2D eigenvalue weighted by atomic mass is 9.58. The highest BCUT2D eigenvalue weighted by molar-refractivity contribution is 6.24. The summed E-state index contributed by atoms with van der Waals surface area (Å²) in [5.41, 5.74) is 3.99. The summed E-state index contributed by atoms with van der Waals surface area (Å²) in [6, 6.07) is 10.5. The largest absolute Gasteiger partial charge is 0.510 e. The van der Waals surface area contributed by atoms with Gasteiger partial charge in [-0.2, -0.15) is 0 Å².